The number of esters is 3. The highest BCUT2D eigenvalue weighted by Crippen LogP contribution is 2.18. The molecule has 0 N–H and O–H groups in total. The SMILES string of the molecule is CCCCCCC/C=C\C/C=C\CCCCCCCCCCCCCCCCCCCC(=O)OCC(COC(=O)CCCCCCC)OC(=O)CCCCCCCCCCCCCCCCC/C=C\CCCCCCCCCC. The number of unbranched alkanes of at least 4 members (excludes halogenated alkanes) is 49. The van der Waals surface area contributed by atoms with E-state index in [1.54, 1.807) is 0 Å². The Bertz CT molecular complexity index is 1320. The quantitative estimate of drug-likeness (QED) is 0.0261. The Morgan fingerprint density at radius 1 is 0.253 bits per heavy atom. The molecule has 0 aliphatic heterocycles. The molecule has 6 nitrogen and oxygen atoms in total. The predicted molar refractivity (Wildman–Crippen MR) is 344 cm³/mol. The molecular formula is C73H136O6. The van der Waals surface area contributed by atoms with Gasteiger partial charge in [0.15, 0.2) is 6.10 Å². The average molecular weight is 1110 g/mol. The van der Waals surface area contributed by atoms with Crippen molar-refractivity contribution >= 4 is 17.9 Å². The predicted octanol–water partition coefficient (Wildman–Crippen LogP) is 24.3. The van der Waals surface area contributed by atoms with Crippen molar-refractivity contribution < 1.29 is 28.6 Å². The van der Waals surface area contributed by atoms with Crippen LogP contribution in [0.15, 0.2) is 36.5 Å². The minimum absolute atomic E-state index is 0.0673. The molecule has 464 valence electrons. The normalized spacial score (nSPS) is 12.2. The smallest absolute Gasteiger partial charge is 0.306 e. The molecule has 0 radical (unpaired) electrons. The van der Waals surface area contributed by atoms with Crippen LogP contribution >= 0.6 is 0 Å². The minimum atomic E-state index is -0.766. The fourth-order valence-electron chi connectivity index (χ4n) is 10.8. The number of ether oxygens (including phenoxy) is 3. The third-order valence-electron chi connectivity index (χ3n) is 16.1. The summed E-state index contributed by atoms with van der Waals surface area (Å²) < 4.78 is 16.8. The molecule has 0 aromatic heterocycles. The zero-order valence-electron chi connectivity index (χ0n) is 53.4. The van der Waals surface area contributed by atoms with Gasteiger partial charge in [0.05, 0.1) is 0 Å². The van der Waals surface area contributed by atoms with E-state index in [4.69, 9.17) is 14.2 Å². The van der Waals surface area contributed by atoms with Crippen molar-refractivity contribution in [3.05, 3.63) is 36.5 Å². The Labute approximate surface area is 493 Å². The molecule has 0 bridgehead atoms. The van der Waals surface area contributed by atoms with Crippen molar-refractivity contribution in [2.24, 2.45) is 0 Å². The molecule has 0 saturated heterocycles. The van der Waals surface area contributed by atoms with E-state index in [1.807, 2.05) is 0 Å². The second kappa shape index (κ2) is 68.1. The zero-order valence-corrected chi connectivity index (χ0v) is 53.4. The van der Waals surface area contributed by atoms with Crippen molar-refractivity contribution in [2.45, 2.75) is 399 Å². The lowest BCUT2D eigenvalue weighted by Crippen LogP contribution is -2.30. The van der Waals surface area contributed by atoms with Gasteiger partial charge in [0.1, 0.15) is 13.2 Å². The Morgan fingerprint density at radius 2 is 0.456 bits per heavy atom. The van der Waals surface area contributed by atoms with Gasteiger partial charge in [0.2, 0.25) is 0 Å². The van der Waals surface area contributed by atoms with Gasteiger partial charge >= 0.3 is 17.9 Å². The fraction of sp³-hybridized carbons (Fsp3) is 0.877. The van der Waals surface area contributed by atoms with Crippen molar-refractivity contribution in [2.75, 3.05) is 13.2 Å². The van der Waals surface area contributed by atoms with Gasteiger partial charge < -0.3 is 14.2 Å². The van der Waals surface area contributed by atoms with E-state index < -0.39 is 6.10 Å². The van der Waals surface area contributed by atoms with E-state index in [1.165, 1.54) is 283 Å². The summed E-state index contributed by atoms with van der Waals surface area (Å²) in [6.45, 7) is 6.61. The Balaban J connectivity index is 3.93. The number of hydrogen-bond donors (Lipinski definition) is 0. The first-order valence-electron chi connectivity index (χ1n) is 35.5. The lowest BCUT2D eigenvalue weighted by Gasteiger charge is -2.18. The molecule has 0 spiro atoms. The van der Waals surface area contributed by atoms with Gasteiger partial charge in [-0.2, -0.15) is 0 Å². The van der Waals surface area contributed by atoms with Crippen LogP contribution in [0, 0.1) is 0 Å². The summed E-state index contributed by atoms with van der Waals surface area (Å²) in [5, 5.41) is 0. The molecule has 6 heteroatoms. The summed E-state index contributed by atoms with van der Waals surface area (Å²) in [4.78, 5) is 38.0. The number of carbonyl (C=O) groups excluding carboxylic acids is 3. The number of hydrogen-bond acceptors (Lipinski definition) is 6. The standard InChI is InChI=1S/C73H136O6/c1-4-7-10-13-15-17-19-21-23-25-27-29-31-33-35-36-38-39-41-43-45-47-49-51-53-55-57-60-63-66-72(75)78-69-70(68-77-71(74)65-62-59-12-9-6-3)79-73(76)67-64-61-58-56-54-52-50-48-46-44-42-40-37-34-32-30-28-26-24-22-20-18-16-14-11-8-5-2/h19,21,25-28,70H,4-18,20,22-24,29-69H2,1-3H3/b21-19-,27-25-,28-26-. The van der Waals surface area contributed by atoms with Crippen molar-refractivity contribution in [1.29, 1.82) is 0 Å². The van der Waals surface area contributed by atoms with Crippen LogP contribution in [0.1, 0.15) is 393 Å². The van der Waals surface area contributed by atoms with E-state index >= 15 is 0 Å². The molecule has 0 aliphatic carbocycles. The number of allylic oxidation sites excluding steroid dienone is 6. The fourth-order valence-corrected chi connectivity index (χ4v) is 10.8. The van der Waals surface area contributed by atoms with E-state index in [-0.39, 0.29) is 31.1 Å². The summed E-state index contributed by atoms with van der Waals surface area (Å²) in [6, 6.07) is 0. The Morgan fingerprint density at radius 3 is 0.709 bits per heavy atom. The van der Waals surface area contributed by atoms with Gasteiger partial charge in [-0.1, -0.05) is 333 Å². The maximum Gasteiger partial charge on any atom is 0.306 e. The average Bonchev–Trinajstić information content (AvgIpc) is 3.45. The van der Waals surface area contributed by atoms with Crippen LogP contribution in [-0.4, -0.2) is 37.2 Å². The van der Waals surface area contributed by atoms with Crippen molar-refractivity contribution in [3.8, 4) is 0 Å². The summed E-state index contributed by atoms with van der Waals surface area (Å²) in [5.74, 6) is -0.856. The Hall–Kier alpha value is -2.37. The topological polar surface area (TPSA) is 78.9 Å². The second-order valence-corrected chi connectivity index (χ2v) is 24.1. The van der Waals surface area contributed by atoms with Crippen LogP contribution < -0.4 is 0 Å². The number of rotatable bonds is 66. The van der Waals surface area contributed by atoms with E-state index in [0.29, 0.717) is 19.3 Å². The number of carbonyl (C=O) groups is 3. The molecule has 0 amide bonds. The van der Waals surface area contributed by atoms with E-state index in [9.17, 15) is 14.4 Å². The molecule has 0 saturated carbocycles. The van der Waals surface area contributed by atoms with Crippen LogP contribution in [0.5, 0.6) is 0 Å². The largest absolute Gasteiger partial charge is 0.462 e. The molecule has 79 heavy (non-hydrogen) atoms. The van der Waals surface area contributed by atoms with Crippen LogP contribution in [-0.2, 0) is 28.6 Å². The highest BCUT2D eigenvalue weighted by Gasteiger charge is 2.19. The monoisotopic (exact) mass is 1110 g/mol. The van der Waals surface area contributed by atoms with E-state index in [0.717, 1.165) is 70.6 Å². The van der Waals surface area contributed by atoms with Crippen LogP contribution in [0.4, 0.5) is 0 Å². The summed E-state index contributed by atoms with van der Waals surface area (Å²) in [6.07, 6.45) is 85.2. The third kappa shape index (κ3) is 66.3. The molecule has 1 atom stereocenters. The van der Waals surface area contributed by atoms with E-state index in [2.05, 4.69) is 57.2 Å². The minimum Gasteiger partial charge on any atom is -0.462 e. The lowest BCUT2D eigenvalue weighted by molar-refractivity contribution is -0.167. The lowest BCUT2D eigenvalue weighted by atomic mass is 10.0. The second-order valence-electron chi connectivity index (χ2n) is 24.1. The van der Waals surface area contributed by atoms with Gasteiger partial charge in [0.25, 0.3) is 0 Å². The van der Waals surface area contributed by atoms with Gasteiger partial charge in [-0.25, -0.2) is 0 Å². The van der Waals surface area contributed by atoms with Crippen molar-refractivity contribution in [1.82, 2.24) is 0 Å². The third-order valence-corrected chi connectivity index (χ3v) is 16.1. The molecule has 0 aromatic carbocycles. The Kier molecular flexibility index (Phi) is 66.1. The summed E-state index contributed by atoms with van der Waals surface area (Å²) >= 11 is 0. The highest BCUT2D eigenvalue weighted by atomic mass is 16.6. The van der Waals surface area contributed by atoms with Gasteiger partial charge in [-0.3, -0.25) is 14.4 Å². The molecule has 0 aliphatic rings. The zero-order chi connectivity index (χ0) is 57.1. The van der Waals surface area contributed by atoms with Gasteiger partial charge in [0, 0.05) is 19.3 Å². The van der Waals surface area contributed by atoms with Gasteiger partial charge in [-0.15, -0.1) is 0 Å². The maximum atomic E-state index is 12.9. The molecule has 0 fully saturated rings. The van der Waals surface area contributed by atoms with Crippen LogP contribution in [0.2, 0.25) is 0 Å². The van der Waals surface area contributed by atoms with Crippen LogP contribution in [0.3, 0.4) is 0 Å². The highest BCUT2D eigenvalue weighted by molar-refractivity contribution is 5.71. The first-order valence-corrected chi connectivity index (χ1v) is 35.5. The summed E-state index contributed by atoms with van der Waals surface area (Å²) in [5.41, 5.74) is 0. The molecule has 0 rings (SSSR count). The van der Waals surface area contributed by atoms with Crippen LogP contribution in [0.25, 0.3) is 0 Å². The molecule has 0 heterocycles. The van der Waals surface area contributed by atoms with Gasteiger partial charge in [-0.05, 0) is 77.0 Å². The molecule has 1 unspecified atom stereocenters. The first kappa shape index (κ1) is 76.6. The van der Waals surface area contributed by atoms with Crippen molar-refractivity contribution in [3.63, 3.8) is 0 Å². The molecular weight excluding hydrogens is 973 g/mol. The maximum absolute atomic E-state index is 12.9. The summed E-state index contributed by atoms with van der Waals surface area (Å²) in [7, 11) is 0. The first-order chi connectivity index (χ1) is 39.0. The molecule has 0 aromatic rings.